The molecule has 0 saturated heterocycles. The number of ether oxygens (including phenoxy) is 1. The molecule has 2 aromatic carbocycles. The van der Waals surface area contributed by atoms with Crippen LogP contribution in [0.5, 0.6) is 5.75 Å². The maximum absolute atomic E-state index is 12.9. The van der Waals surface area contributed by atoms with E-state index in [1.165, 1.54) is 18.3 Å². The first kappa shape index (κ1) is 13.1. The highest BCUT2D eigenvalue weighted by atomic mass is 19.1. The molecule has 98 valence electrons. The van der Waals surface area contributed by atoms with Crippen molar-refractivity contribution in [2.24, 2.45) is 5.16 Å². The standard InChI is InChI=1S/C15H14FNO2/c1-18-15-7-5-12(6-8-15)11-19-17-10-13-3-2-4-14(16)9-13/h2-10H,11H2,1H3. The third kappa shape index (κ3) is 4.10. The molecule has 4 heteroatoms. The molecule has 0 aliphatic rings. The van der Waals surface area contributed by atoms with E-state index in [1.807, 2.05) is 24.3 Å². The zero-order valence-corrected chi connectivity index (χ0v) is 10.5. The van der Waals surface area contributed by atoms with Crippen LogP contribution in [0.1, 0.15) is 11.1 Å². The van der Waals surface area contributed by atoms with Crippen LogP contribution in [0.2, 0.25) is 0 Å². The summed E-state index contributed by atoms with van der Waals surface area (Å²) in [6, 6.07) is 13.7. The highest BCUT2D eigenvalue weighted by molar-refractivity contribution is 5.78. The van der Waals surface area contributed by atoms with Gasteiger partial charge in [-0.2, -0.15) is 0 Å². The number of hydrogen-bond acceptors (Lipinski definition) is 3. The topological polar surface area (TPSA) is 30.8 Å². The summed E-state index contributed by atoms with van der Waals surface area (Å²) >= 11 is 0. The van der Waals surface area contributed by atoms with Gasteiger partial charge in [0.2, 0.25) is 0 Å². The van der Waals surface area contributed by atoms with Crippen molar-refractivity contribution >= 4 is 6.21 Å². The highest BCUT2D eigenvalue weighted by Crippen LogP contribution is 2.12. The Kier molecular flexibility index (Phi) is 4.50. The van der Waals surface area contributed by atoms with E-state index < -0.39 is 0 Å². The molecule has 2 aromatic rings. The van der Waals surface area contributed by atoms with Crippen molar-refractivity contribution in [1.82, 2.24) is 0 Å². The Bertz CT molecular complexity index is 552. The second-order valence-electron chi connectivity index (χ2n) is 3.91. The van der Waals surface area contributed by atoms with E-state index in [0.29, 0.717) is 12.2 Å². The zero-order chi connectivity index (χ0) is 13.5. The second kappa shape index (κ2) is 6.54. The molecule has 0 aliphatic carbocycles. The molecule has 19 heavy (non-hydrogen) atoms. The normalized spacial score (nSPS) is 10.6. The van der Waals surface area contributed by atoms with Crippen molar-refractivity contribution < 1.29 is 14.0 Å². The van der Waals surface area contributed by atoms with Crippen molar-refractivity contribution in [3.63, 3.8) is 0 Å². The van der Waals surface area contributed by atoms with Gasteiger partial charge in [-0.25, -0.2) is 4.39 Å². The summed E-state index contributed by atoms with van der Waals surface area (Å²) in [5.41, 5.74) is 1.65. The Labute approximate surface area is 111 Å². The monoisotopic (exact) mass is 259 g/mol. The van der Waals surface area contributed by atoms with E-state index in [0.717, 1.165) is 11.3 Å². The van der Waals surface area contributed by atoms with Gasteiger partial charge in [0.1, 0.15) is 18.2 Å². The van der Waals surface area contributed by atoms with Crippen molar-refractivity contribution in [1.29, 1.82) is 0 Å². The van der Waals surface area contributed by atoms with Crippen molar-refractivity contribution in [3.8, 4) is 5.75 Å². The molecule has 0 radical (unpaired) electrons. The van der Waals surface area contributed by atoms with Gasteiger partial charge in [-0.1, -0.05) is 29.4 Å². The molecule has 0 amide bonds. The zero-order valence-electron chi connectivity index (χ0n) is 10.5. The Hall–Kier alpha value is -2.36. The average molecular weight is 259 g/mol. The summed E-state index contributed by atoms with van der Waals surface area (Å²) in [7, 11) is 1.62. The van der Waals surface area contributed by atoms with Crippen LogP contribution in [0.3, 0.4) is 0 Å². The Balaban J connectivity index is 1.85. The minimum atomic E-state index is -0.292. The van der Waals surface area contributed by atoms with Crippen LogP contribution in [0.15, 0.2) is 53.7 Å². The summed E-state index contributed by atoms with van der Waals surface area (Å²) in [5.74, 6) is 0.506. The molecule has 0 spiro atoms. The van der Waals surface area contributed by atoms with Gasteiger partial charge in [-0.3, -0.25) is 0 Å². The summed E-state index contributed by atoms with van der Waals surface area (Å²) < 4.78 is 18.0. The molecule has 0 unspecified atom stereocenters. The fourth-order valence-electron chi connectivity index (χ4n) is 1.52. The summed E-state index contributed by atoms with van der Waals surface area (Å²) in [6.45, 7) is 0.357. The number of methoxy groups -OCH3 is 1. The molecule has 0 saturated carbocycles. The van der Waals surface area contributed by atoms with Gasteiger partial charge >= 0.3 is 0 Å². The highest BCUT2D eigenvalue weighted by Gasteiger charge is 1.94. The first-order valence-corrected chi connectivity index (χ1v) is 5.82. The first-order chi connectivity index (χ1) is 9.28. The van der Waals surface area contributed by atoms with Gasteiger partial charge in [-0.15, -0.1) is 0 Å². The fourth-order valence-corrected chi connectivity index (χ4v) is 1.52. The molecule has 2 rings (SSSR count). The van der Waals surface area contributed by atoms with Crippen LogP contribution < -0.4 is 4.74 Å². The van der Waals surface area contributed by atoms with E-state index in [-0.39, 0.29) is 5.82 Å². The van der Waals surface area contributed by atoms with Gasteiger partial charge in [0.05, 0.1) is 13.3 Å². The predicted octanol–water partition coefficient (Wildman–Crippen LogP) is 3.39. The maximum Gasteiger partial charge on any atom is 0.142 e. The summed E-state index contributed by atoms with van der Waals surface area (Å²) in [6.07, 6.45) is 1.48. The maximum atomic E-state index is 12.9. The van der Waals surface area contributed by atoms with E-state index in [4.69, 9.17) is 9.57 Å². The van der Waals surface area contributed by atoms with Crippen LogP contribution in [-0.2, 0) is 11.4 Å². The fraction of sp³-hybridized carbons (Fsp3) is 0.133. The molecule has 0 aromatic heterocycles. The molecule has 0 aliphatic heterocycles. The molecule has 0 atom stereocenters. The van der Waals surface area contributed by atoms with Crippen LogP contribution in [0.4, 0.5) is 4.39 Å². The minimum Gasteiger partial charge on any atom is -0.497 e. The minimum absolute atomic E-state index is 0.292. The molecule has 3 nitrogen and oxygen atoms in total. The number of oxime groups is 1. The van der Waals surface area contributed by atoms with Crippen LogP contribution in [0.25, 0.3) is 0 Å². The Morgan fingerprint density at radius 3 is 2.63 bits per heavy atom. The number of nitrogens with zero attached hydrogens (tertiary/aromatic N) is 1. The Morgan fingerprint density at radius 2 is 1.95 bits per heavy atom. The number of halogens is 1. The van der Waals surface area contributed by atoms with Crippen LogP contribution in [-0.4, -0.2) is 13.3 Å². The lowest BCUT2D eigenvalue weighted by Gasteiger charge is -2.02. The van der Waals surface area contributed by atoms with Gasteiger partial charge in [0.25, 0.3) is 0 Å². The number of benzene rings is 2. The second-order valence-corrected chi connectivity index (χ2v) is 3.91. The Morgan fingerprint density at radius 1 is 1.16 bits per heavy atom. The third-order valence-electron chi connectivity index (χ3n) is 2.52. The first-order valence-electron chi connectivity index (χ1n) is 5.82. The van der Waals surface area contributed by atoms with Gasteiger partial charge in [0.15, 0.2) is 0 Å². The number of hydrogen-bond donors (Lipinski definition) is 0. The largest absolute Gasteiger partial charge is 0.497 e. The molecule has 0 N–H and O–H groups in total. The molecular weight excluding hydrogens is 245 g/mol. The van der Waals surface area contributed by atoms with Crippen molar-refractivity contribution in [3.05, 3.63) is 65.5 Å². The van der Waals surface area contributed by atoms with E-state index >= 15 is 0 Å². The van der Waals surface area contributed by atoms with Gasteiger partial charge in [0, 0.05) is 0 Å². The van der Waals surface area contributed by atoms with Crippen LogP contribution in [0, 0.1) is 5.82 Å². The molecule has 0 fully saturated rings. The van der Waals surface area contributed by atoms with E-state index in [1.54, 1.807) is 19.2 Å². The lowest BCUT2D eigenvalue weighted by atomic mass is 10.2. The molecular formula is C15H14FNO2. The van der Waals surface area contributed by atoms with Crippen LogP contribution >= 0.6 is 0 Å². The lowest BCUT2D eigenvalue weighted by molar-refractivity contribution is 0.132. The van der Waals surface area contributed by atoms with E-state index in [9.17, 15) is 4.39 Å². The molecule has 0 bridgehead atoms. The average Bonchev–Trinajstić information content (AvgIpc) is 2.44. The lowest BCUT2D eigenvalue weighted by Crippen LogP contribution is -1.89. The summed E-state index contributed by atoms with van der Waals surface area (Å²) in [5, 5.41) is 3.80. The summed E-state index contributed by atoms with van der Waals surface area (Å²) in [4.78, 5) is 5.14. The van der Waals surface area contributed by atoms with E-state index in [2.05, 4.69) is 5.16 Å². The quantitative estimate of drug-likeness (QED) is 0.608. The SMILES string of the molecule is COc1ccc(CON=Cc2cccc(F)c2)cc1. The van der Waals surface area contributed by atoms with Gasteiger partial charge < -0.3 is 9.57 Å². The van der Waals surface area contributed by atoms with Gasteiger partial charge in [-0.05, 0) is 35.4 Å². The predicted molar refractivity (Wildman–Crippen MR) is 71.8 cm³/mol. The smallest absolute Gasteiger partial charge is 0.142 e. The van der Waals surface area contributed by atoms with Crippen molar-refractivity contribution in [2.45, 2.75) is 6.61 Å². The molecule has 0 heterocycles. The third-order valence-corrected chi connectivity index (χ3v) is 2.52. The van der Waals surface area contributed by atoms with Crippen molar-refractivity contribution in [2.75, 3.05) is 7.11 Å². The number of rotatable bonds is 5.